The Kier molecular flexibility index (Phi) is 3.33. The number of carbonyl (C=O) groups excluding carboxylic acids is 1. The summed E-state index contributed by atoms with van der Waals surface area (Å²) in [6.07, 6.45) is 3.91. The van der Waals surface area contributed by atoms with Crippen LogP contribution in [0.2, 0.25) is 0 Å². The van der Waals surface area contributed by atoms with Gasteiger partial charge in [-0.2, -0.15) is 0 Å². The van der Waals surface area contributed by atoms with Crippen LogP contribution >= 0.6 is 0 Å². The Labute approximate surface area is 114 Å². The van der Waals surface area contributed by atoms with E-state index in [4.69, 9.17) is 0 Å². The number of carbonyl (C=O) groups is 1. The molecule has 2 saturated heterocycles. The molecule has 3 aliphatic rings. The van der Waals surface area contributed by atoms with E-state index < -0.39 is 9.84 Å². The molecular weight excluding hydrogens is 264 g/mol. The first-order valence-corrected chi connectivity index (χ1v) is 9.02. The van der Waals surface area contributed by atoms with Gasteiger partial charge in [-0.05, 0) is 50.1 Å². The Morgan fingerprint density at radius 2 is 2.05 bits per heavy atom. The lowest BCUT2D eigenvalue weighted by atomic mass is 9.91. The van der Waals surface area contributed by atoms with Crippen LogP contribution < -0.4 is 10.6 Å². The normalized spacial score (nSPS) is 35.2. The summed E-state index contributed by atoms with van der Waals surface area (Å²) in [5, 5.41) is 6.30. The number of rotatable bonds is 3. The summed E-state index contributed by atoms with van der Waals surface area (Å²) in [6.45, 7) is 2.57. The number of hydrogen-bond acceptors (Lipinski definition) is 4. The van der Waals surface area contributed by atoms with Crippen molar-refractivity contribution in [1.82, 2.24) is 10.6 Å². The molecule has 2 heterocycles. The van der Waals surface area contributed by atoms with Crippen molar-refractivity contribution in [2.45, 2.75) is 25.7 Å². The third-order valence-electron chi connectivity index (χ3n) is 5.00. The van der Waals surface area contributed by atoms with E-state index in [1.165, 1.54) is 0 Å². The summed E-state index contributed by atoms with van der Waals surface area (Å²) in [6, 6.07) is 0. The van der Waals surface area contributed by atoms with Crippen molar-refractivity contribution in [2.75, 3.05) is 31.1 Å². The third kappa shape index (κ3) is 2.79. The lowest BCUT2D eigenvalue weighted by Gasteiger charge is -2.23. The summed E-state index contributed by atoms with van der Waals surface area (Å²) in [5.41, 5.74) is 0.261. The second kappa shape index (κ2) is 4.74. The fourth-order valence-corrected chi connectivity index (χ4v) is 5.46. The molecule has 1 spiro atoms. The van der Waals surface area contributed by atoms with E-state index in [1.54, 1.807) is 0 Å². The van der Waals surface area contributed by atoms with E-state index in [1.807, 2.05) is 0 Å². The van der Waals surface area contributed by atoms with Gasteiger partial charge in [-0.3, -0.25) is 4.79 Å². The SMILES string of the molecule is O=C(NCC1CCS(=O)(=O)C1)C1CC12CCNCC2. The molecule has 0 aromatic rings. The predicted octanol–water partition coefficient (Wildman–Crippen LogP) is -0.0730. The highest BCUT2D eigenvalue weighted by Gasteiger charge is 2.57. The molecule has 1 amide bonds. The van der Waals surface area contributed by atoms with Crippen molar-refractivity contribution in [3.63, 3.8) is 0 Å². The number of sulfone groups is 1. The molecule has 3 rings (SSSR count). The largest absolute Gasteiger partial charge is 0.356 e. The maximum absolute atomic E-state index is 12.1. The molecule has 0 aromatic carbocycles. The van der Waals surface area contributed by atoms with Crippen LogP contribution in [0.1, 0.15) is 25.7 Å². The molecule has 0 aromatic heterocycles. The van der Waals surface area contributed by atoms with Crippen LogP contribution in [0.3, 0.4) is 0 Å². The van der Waals surface area contributed by atoms with Crippen molar-refractivity contribution in [2.24, 2.45) is 17.3 Å². The first-order chi connectivity index (χ1) is 9.01. The minimum absolute atomic E-state index is 0.122. The molecule has 0 bridgehead atoms. The van der Waals surface area contributed by atoms with Gasteiger partial charge in [0, 0.05) is 12.5 Å². The highest BCUT2D eigenvalue weighted by Crippen LogP contribution is 2.58. The molecule has 2 aliphatic heterocycles. The molecule has 108 valence electrons. The maximum atomic E-state index is 12.1. The molecule has 2 N–H and O–H groups in total. The Bertz CT molecular complexity index is 468. The highest BCUT2D eigenvalue weighted by molar-refractivity contribution is 7.91. The van der Waals surface area contributed by atoms with Crippen LogP contribution in [0.4, 0.5) is 0 Å². The highest BCUT2D eigenvalue weighted by atomic mass is 32.2. The molecule has 3 fully saturated rings. The van der Waals surface area contributed by atoms with E-state index in [0.29, 0.717) is 13.0 Å². The van der Waals surface area contributed by atoms with Gasteiger partial charge >= 0.3 is 0 Å². The van der Waals surface area contributed by atoms with E-state index in [-0.39, 0.29) is 34.7 Å². The second-order valence-corrected chi connectivity index (χ2v) is 8.61. The van der Waals surface area contributed by atoms with Crippen molar-refractivity contribution < 1.29 is 13.2 Å². The van der Waals surface area contributed by atoms with E-state index >= 15 is 0 Å². The standard InChI is InChI=1S/C13H22N2O3S/c16-12(11-7-13(11)2-4-14-5-3-13)15-8-10-1-6-19(17,18)9-10/h10-11,14H,1-9H2,(H,15,16). The zero-order valence-corrected chi connectivity index (χ0v) is 12.0. The summed E-state index contributed by atoms with van der Waals surface area (Å²) in [5.74, 6) is 0.968. The smallest absolute Gasteiger partial charge is 0.223 e. The van der Waals surface area contributed by atoms with Gasteiger partial charge in [-0.25, -0.2) is 8.42 Å². The molecule has 5 nitrogen and oxygen atoms in total. The molecule has 6 heteroatoms. The van der Waals surface area contributed by atoms with Gasteiger partial charge in [0.25, 0.3) is 0 Å². The Morgan fingerprint density at radius 1 is 1.32 bits per heavy atom. The van der Waals surface area contributed by atoms with Crippen molar-refractivity contribution in [3.05, 3.63) is 0 Å². The number of hydrogen-bond donors (Lipinski definition) is 2. The first kappa shape index (κ1) is 13.4. The topological polar surface area (TPSA) is 75.3 Å². The number of amides is 1. The van der Waals surface area contributed by atoms with Crippen LogP contribution in [0.5, 0.6) is 0 Å². The van der Waals surface area contributed by atoms with Crippen LogP contribution in [-0.4, -0.2) is 45.5 Å². The summed E-state index contributed by atoms with van der Waals surface area (Å²) in [7, 11) is -2.83. The lowest BCUT2D eigenvalue weighted by molar-refractivity contribution is -0.123. The molecule has 19 heavy (non-hydrogen) atoms. The van der Waals surface area contributed by atoms with E-state index in [2.05, 4.69) is 10.6 Å². The van der Waals surface area contributed by atoms with Gasteiger partial charge in [-0.1, -0.05) is 0 Å². The summed E-state index contributed by atoms with van der Waals surface area (Å²) in [4.78, 5) is 12.1. The molecule has 1 aliphatic carbocycles. The third-order valence-corrected chi connectivity index (χ3v) is 6.83. The number of piperidine rings is 1. The first-order valence-electron chi connectivity index (χ1n) is 7.20. The van der Waals surface area contributed by atoms with Gasteiger partial charge in [0.05, 0.1) is 11.5 Å². The Balaban J connectivity index is 1.46. The minimum Gasteiger partial charge on any atom is -0.356 e. The van der Waals surface area contributed by atoms with Crippen LogP contribution in [-0.2, 0) is 14.6 Å². The summed E-state index contributed by atoms with van der Waals surface area (Å²) >= 11 is 0. The van der Waals surface area contributed by atoms with E-state index in [9.17, 15) is 13.2 Å². The van der Waals surface area contributed by atoms with Crippen molar-refractivity contribution in [1.29, 1.82) is 0 Å². The average Bonchev–Trinajstić information content (AvgIpc) is 2.94. The van der Waals surface area contributed by atoms with E-state index in [0.717, 1.165) is 32.4 Å². The van der Waals surface area contributed by atoms with Gasteiger partial charge < -0.3 is 10.6 Å². The van der Waals surface area contributed by atoms with Gasteiger partial charge in [0.15, 0.2) is 9.84 Å². The molecule has 1 saturated carbocycles. The second-order valence-electron chi connectivity index (χ2n) is 6.38. The molecule has 0 radical (unpaired) electrons. The monoisotopic (exact) mass is 286 g/mol. The zero-order chi connectivity index (χ0) is 13.5. The maximum Gasteiger partial charge on any atom is 0.223 e. The van der Waals surface area contributed by atoms with Gasteiger partial charge in [0.1, 0.15) is 0 Å². The fraction of sp³-hybridized carbons (Fsp3) is 0.923. The van der Waals surface area contributed by atoms with Crippen LogP contribution in [0, 0.1) is 17.3 Å². The Morgan fingerprint density at radius 3 is 2.68 bits per heavy atom. The van der Waals surface area contributed by atoms with Crippen LogP contribution in [0.25, 0.3) is 0 Å². The molecule has 2 unspecified atom stereocenters. The lowest BCUT2D eigenvalue weighted by Crippen LogP contribution is -2.35. The van der Waals surface area contributed by atoms with Crippen LogP contribution in [0.15, 0.2) is 0 Å². The Hall–Kier alpha value is -0.620. The average molecular weight is 286 g/mol. The van der Waals surface area contributed by atoms with Gasteiger partial charge in [0.2, 0.25) is 5.91 Å². The zero-order valence-electron chi connectivity index (χ0n) is 11.2. The quantitative estimate of drug-likeness (QED) is 0.761. The molecular formula is C13H22N2O3S. The summed E-state index contributed by atoms with van der Waals surface area (Å²) < 4.78 is 22.7. The minimum atomic E-state index is -2.83. The predicted molar refractivity (Wildman–Crippen MR) is 72.4 cm³/mol. The van der Waals surface area contributed by atoms with Gasteiger partial charge in [-0.15, -0.1) is 0 Å². The fourth-order valence-electron chi connectivity index (χ4n) is 3.60. The van der Waals surface area contributed by atoms with Crippen molar-refractivity contribution >= 4 is 15.7 Å². The number of nitrogens with one attached hydrogen (secondary N) is 2. The van der Waals surface area contributed by atoms with Crippen molar-refractivity contribution in [3.8, 4) is 0 Å². The molecule has 2 atom stereocenters.